The first kappa shape index (κ1) is 13.4. The van der Waals surface area contributed by atoms with Crippen molar-refractivity contribution in [3.05, 3.63) is 35.4 Å². The fraction of sp³-hybridized carbons (Fsp3) is 0.500. The molecular formula is C14H20N2OS. The Morgan fingerprint density at radius 1 is 1.44 bits per heavy atom. The quantitative estimate of drug-likeness (QED) is 0.876. The predicted molar refractivity (Wildman–Crippen MR) is 76.9 cm³/mol. The molecule has 2 atom stereocenters. The van der Waals surface area contributed by atoms with E-state index in [1.807, 2.05) is 18.7 Å². The molecule has 3 nitrogen and oxygen atoms in total. The largest absolute Gasteiger partial charge is 0.348 e. The number of amides is 1. The van der Waals surface area contributed by atoms with Gasteiger partial charge in [0.25, 0.3) is 0 Å². The molecule has 98 valence electrons. The summed E-state index contributed by atoms with van der Waals surface area (Å²) in [5, 5.41) is 6.32. The molecule has 1 aromatic carbocycles. The Kier molecular flexibility index (Phi) is 4.66. The van der Waals surface area contributed by atoms with Crippen LogP contribution in [0.15, 0.2) is 24.3 Å². The summed E-state index contributed by atoms with van der Waals surface area (Å²) in [6.45, 7) is 5.01. The van der Waals surface area contributed by atoms with Gasteiger partial charge in [-0.3, -0.25) is 4.79 Å². The van der Waals surface area contributed by atoms with Gasteiger partial charge in [0.05, 0.1) is 12.1 Å². The van der Waals surface area contributed by atoms with Gasteiger partial charge in [-0.1, -0.05) is 29.8 Å². The maximum Gasteiger partial charge on any atom is 0.238 e. The van der Waals surface area contributed by atoms with Crippen molar-refractivity contribution < 1.29 is 4.79 Å². The normalized spacial score (nSPS) is 21.3. The van der Waals surface area contributed by atoms with Crippen LogP contribution in [-0.2, 0) is 4.79 Å². The zero-order chi connectivity index (χ0) is 13.0. The van der Waals surface area contributed by atoms with Gasteiger partial charge in [-0.25, -0.2) is 0 Å². The topological polar surface area (TPSA) is 41.1 Å². The van der Waals surface area contributed by atoms with Crippen LogP contribution in [0.4, 0.5) is 0 Å². The molecule has 4 heteroatoms. The van der Waals surface area contributed by atoms with E-state index in [1.54, 1.807) is 0 Å². The van der Waals surface area contributed by atoms with Gasteiger partial charge in [-0.15, -0.1) is 0 Å². The summed E-state index contributed by atoms with van der Waals surface area (Å²) in [5.74, 6) is 2.07. The van der Waals surface area contributed by atoms with Crippen molar-refractivity contribution in [1.82, 2.24) is 10.6 Å². The predicted octanol–water partition coefficient (Wildman–Crippen LogP) is 1.88. The maximum absolute atomic E-state index is 12.1. The molecule has 1 fully saturated rings. The van der Waals surface area contributed by atoms with E-state index in [0.29, 0.717) is 0 Å². The minimum absolute atomic E-state index is 0.0448. The van der Waals surface area contributed by atoms with Gasteiger partial charge in [-0.05, 0) is 19.4 Å². The molecule has 0 spiro atoms. The molecule has 1 aliphatic heterocycles. The molecule has 1 unspecified atom stereocenters. The van der Waals surface area contributed by atoms with Crippen LogP contribution in [0.2, 0.25) is 0 Å². The SMILES string of the molecule is Cc1ccc([C@@H](C)NC(=O)C2CSCCN2)cc1. The summed E-state index contributed by atoms with van der Waals surface area (Å²) in [4.78, 5) is 12.1. The third kappa shape index (κ3) is 3.50. The molecule has 18 heavy (non-hydrogen) atoms. The van der Waals surface area contributed by atoms with Crippen LogP contribution in [0, 0.1) is 6.92 Å². The number of nitrogens with one attached hydrogen (secondary N) is 2. The summed E-state index contributed by atoms with van der Waals surface area (Å²) < 4.78 is 0. The summed E-state index contributed by atoms with van der Waals surface area (Å²) in [6.07, 6.45) is 0. The zero-order valence-corrected chi connectivity index (χ0v) is 11.7. The van der Waals surface area contributed by atoms with Gasteiger partial charge in [0.2, 0.25) is 5.91 Å². The minimum Gasteiger partial charge on any atom is -0.348 e. The zero-order valence-electron chi connectivity index (χ0n) is 10.9. The highest BCUT2D eigenvalue weighted by Gasteiger charge is 2.22. The molecule has 0 aromatic heterocycles. The van der Waals surface area contributed by atoms with E-state index in [1.165, 1.54) is 5.56 Å². The van der Waals surface area contributed by atoms with Crippen LogP contribution >= 0.6 is 11.8 Å². The van der Waals surface area contributed by atoms with Crippen molar-refractivity contribution in [3.8, 4) is 0 Å². The maximum atomic E-state index is 12.1. The van der Waals surface area contributed by atoms with Gasteiger partial charge < -0.3 is 10.6 Å². The van der Waals surface area contributed by atoms with Gasteiger partial charge in [0, 0.05) is 18.1 Å². The van der Waals surface area contributed by atoms with E-state index in [4.69, 9.17) is 0 Å². The molecule has 1 aliphatic rings. The number of rotatable bonds is 3. The molecule has 1 amide bonds. The highest BCUT2D eigenvalue weighted by Crippen LogP contribution is 2.14. The molecule has 1 heterocycles. The number of carbonyl (C=O) groups excluding carboxylic acids is 1. The molecule has 0 bridgehead atoms. The van der Waals surface area contributed by atoms with E-state index >= 15 is 0 Å². The van der Waals surface area contributed by atoms with Crippen molar-refractivity contribution in [2.75, 3.05) is 18.1 Å². The van der Waals surface area contributed by atoms with E-state index in [2.05, 4.69) is 41.8 Å². The molecule has 1 saturated heterocycles. The van der Waals surface area contributed by atoms with Crippen LogP contribution in [0.1, 0.15) is 24.1 Å². The summed E-state index contributed by atoms with van der Waals surface area (Å²) in [7, 11) is 0. The van der Waals surface area contributed by atoms with E-state index in [9.17, 15) is 4.79 Å². The molecule has 2 rings (SSSR count). The number of hydrogen-bond donors (Lipinski definition) is 2. The number of aryl methyl sites for hydroxylation is 1. The Balaban J connectivity index is 1.91. The molecule has 0 aliphatic carbocycles. The van der Waals surface area contributed by atoms with Crippen LogP contribution in [0.25, 0.3) is 0 Å². The highest BCUT2D eigenvalue weighted by molar-refractivity contribution is 7.99. The van der Waals surface area contributed by atoms with Crippen LogP contribution in [0.5, 0.6) is 0 Å². The number of carbonyl (C=O) groups is 1. The average Bonchev–Trinajstić information content (AvgIpc) is 2.40. The Morgan fingerprint density at radius 3 is 2.78 bits per heavy atom. The number of thioether (sulfide) groups is 1. The lowest BCUT2D eigenvalue weighted by molar-refractivity contribution is -0.123. The third-order valence-electron chi connectivity index (χ3n) is 3.17. The van der Waals surface area contributed by atoms with Crippen molar-refractivity contribution in [1.29, 1.82) is 0 Å². The van der Waals surface area contributed by atoms with Crippen molar-refractivity contribution in [2.24, 2.45) is 0 Å². The van der Waals surface area contributed by atoms with Crippen molar-refractivity contribution in [2.45, 2.75) is 25.9 Å². The molecule has 1 aromatic rings. The summed E-state index contributed by atoms with van der Waals surface area (Å²) in [6, 6.07) is 8.31. The van der Waals surface area contributed by atoms with E-state index < -0.39 is 0 Å². The second-order valence-corrected chi connectivity index (χ2v) is 5.87. The minimum atomic E-state index is -0.0448. The van der Waals surface area contributed by atoms with Crippen molar-refractivity contribution >= 4 is 17.7 Å². The number of hydrogen-bond acceptors (Lipinski definition) is 3. The first-order chi connectivity index (χ1) is 8.66. The summed E-state index contributed by atoms with van der Waals surface area (Å²) >= 11 is 1.83. The standard InChI is InChI=1S/C14H20N2OS/c1-10-3-5-12(6-4-10)11(2)16-14(17)13-9-18-8-7-15-13/h3-6,11,13,15H,7-9H2,1-2H3,(H,16,17)/t11-,13?/m1/s1. The molecule has 0 radical (unpaired) electrons. The first-order valence-electron chi connectivity index (χ1n) is 6.35. The van der Waals surface area contributed by atoms with E-state index in [0.717, 1.165) is 23.6 Å². The van der Waals surface area contributed by atoms with Crippen LogP contribution < -0.4 is 10.6 Å². The lowest BCUT2D eigenvalue weighted by Gasteiger charge is -2.24. The third-order valence-corrected chi connectivity index (χ3v) is 4.24. The number of benzene rings is 1. The van der Waals surface area contributed by atoms with Gasteiger partial charge in [0.1, 0.15) is 0 Å². The smallest absolute Gasteiger partial charge is 0.238 e. The van der Waals surface area contributed by atoms with Gasteiger partial charge in [0.15, 0.2) is 0 Å². The monoisotopic (exact) mass is 264 g/mol. The van der Waals surface area contributed by atoms with Crippen molar-refractivity contribution in [3.63, 3.8) is 0 Å². The van der Waals surface area contributed by atoms with Crippen LogP contribution in [-0.4, -0.2) is 30.0 Å². The fourth-order valence-electron chi connectivity index (χ4n) is 1.99. The lowest BCUT2D eigenvalue weighted by atomic mass is 10.1. The molecule has 0 saturated carbocycles. The fourth-order valence-corrected chi connectivity index (χ4v) is 2.92. The van der Waals surface area contributed by atoms with E-state index in [-0.39, 0.29) is 18.0 Å². The lowest BCUT2D eigenvalue weighted by Crippen LogP contribution is -2.49. The second-order valence-electron chi connectivity index (χ2n) is 4.72. The van der Waals surface area contributed by atoms with Gasteiger partial charge in [-0.2, -0.15) is 11.8 Å². The Bertz CT molecular complexity index is 399. The Hall–Kier alpha value is -1.00. The Morgan fingerprint density at radius 2 is 2.17 bits per heavy atom. The molecule has 2 N–H and O–H groups in total. The van der Waals surface area contributed by atoms with Crippen LogP contribution in [0.3, 0.4) is 0 Å². The first-order valence-corrected chi connectivity index (χ1v) is 7.50. The average molecular weight is 264 g/mol. The Labute approximate surface area is 113 Å². The summed E-state index contributed by atoms with van der Waals surface area (Å²) in [5.41, 5.74) is 2.39. The highest BCUT2D eigenvalue weighted by atomic mass is 32.2. The molecular weight excluding hydrogens is 244 g/mol. The second kappa shape index (κ2) is 6.25. The van der Waals surface area contributed by atoms with Gasteiger partial charge >= 0.3 is 0 Å².